The first kappa shape index (κ1) is 12.8. The Labute approximate surface area is 99.5 Å². The van der Waals surface area contributed by atoms with Crippen LogP contribution in [0.3, 0.4) is 0 Å². The quantitative estimate of drug-likeness (QED) is 0.838. The largest absolute Gasteiger partial charge is 0.383 e. The third-order valence-electron chi connectivity index (χ3n) is 2.20. The Balaban J connectivity index is 0.000000686. The van der Waals surface area contributed by atoms with Crippen LogP contribution < -0.4 is 5.73 Å². The van der Waals surface area contributed by atoms with Crippen molar-refractivity contribution in [3.05, 3.63) is 24.0 Å². The van der Waals surface area contributed by atoms with E-state index in [1.54, 1.807) is 4.68 Å². The Kier molecular flexibility index (Phi) is 4.33. The SMILES string of the molecule is C=O.CCn1cc(-c2ccc(C)nc2N)nn1. The van der Waals surface area contributed by atoms with Gasteiger partial charge in [-0.05, 0) is 26.0 Å². The van der Waals surface area contributed by atoms with Crippen molar-refractivity contribution >= 4 is 12.6 Å². The summed E-state index contributed by atoms with van der Waals surface area (Å²) in [5.74, 6) is 0.498. The molecule has 0 aromatic carbocycles. The van der Waals surface area contributed by atoms with E-state index in [0.717, 1.165) is 23.5 Å². The van der Waals surface area contributed by atoms with E-state index in [1.807, 2.05) is 39.0 Å². The maximum absolute atomic E-state index is 8.00. The van der Waals surface area contributed by atoms with Crippen LogP contribution in [0.1, 0.15) is 12.6 Å². The molecule has 2 rings (SSSR count). The molecular formula is C11H15N5O. The zero-order chi connectivity index (χ0) is 12.8. The fourth-order valence-corrected chi connectivity index (χ4v) is 1.37. The highest BCUT2D eigenvalue weighted by Crippen LogP contribution is 2.21. The zero-order valence-electron chi connectivity index (χ0n) is 9.92. The van der Waals surface area contributed by atoms with Gasteiger partial charge in [-0.3, -0.25) is 4.68 Å². The van der Waals surface area contributed by atoms with E-state index in [1.165, 1.54) is 0 Å². The smallest absolute Gasteiger partial charge is 0.133 e. The number of aromatic nitrogens is 4. The molecule has 0 saturated heterocycles. The second-order valence-corrected chi connectivity index (χ2v) is 3.34. The average Bonchev–Trinajstić information content (AvgIpc) is 2.80. The second kappa shape index (κ2) is 5.74. The lowest BCUT2D eigenvalue weighted by molar-refractivity contribution is -0.0979. The maximum Gasteiger partial charge on any atom is 0.133 e. The van der Waals surface area contributed by atoms with Crippen LogP contribution in [0, 0.1) is 6.92 Å². The number of pyridine rings is 1. The molecular weight excluding hydrogens is 218 g/mol. The number of nitrogen functional groups attached to an aromatic ring is 1. The van der Waals surface area contributed by atoms with Gasteiger partial charge >= 0.3 is 0 Å². The first-order valence-electron chi connectivity index (χ1n) is 5.13. The lowest BCUT2D eigenvalue weighted by Gasteiger charge is -2.01. The van der Waals surface area contributed by atoms with Gasteiger partial charge in [0.15, 0.2) is 0 Å². The van der Waals surface area contributed by atoms with Crippen LogP contribution in [-0.2, 0) is 11.3 Å². The van der Waals surface area contributed by atoms with Gasteiger partial charge < -0.3 is 10.5 Å². The molecule has 2 heterocycles. The summed E-state index contributed by atoms with van der Waals surface area (Å²) >= 11 is 0. The molecule has 6 nitrogen and oxygen atoms in total. The van der Waals surface area contributed by atoms with Gasteiger partial charge in [-0.15, -0.1) is 5.10 Å². The van der Waals surface area contributed by atoms with Crippen LogP contribution in [0.25, 0.3) is 11.3 Å². The number of rotatable bonds is 2. The molecule has 0 spiro atoms. The molecule has 90 valence electrons. The molecule has 2 N–H and O–H groups in total. The number of hydrogen-bond donors (Lipinski definition) is 1. The Morgan fingerprint density at radius 2 is 2.12 bits per heavy atom. The summed E-state index contributed by atoms with van der Waals surface area (Å²) < 4.78 is 1.76. The molecule has 0 amide bonds. The highest BCUT2D eigenvalue weighted by molar-refractivity contribution is 5.69. The summed E-state index contributed by atoms with van der Waals surface area (Å²) in [4.78, 5) is 12.2. The fourth-order valence-electron chi connectivity index (χ4n) is 1.37. The van der Waals surface area contributed by atoms with Crippen molar-refractivity contribution in [2.45, 2.75) is 20.4 Å². The summed E-state index contributed by atoms with van der Waals surface area (Å²) in [5, 5.41) is 8.00. The molecule has 0 aliphatic rings. The van der Waals surface area contributed by atoms with E-state index >= 15 is 0 Å². The first-order chi connectivity index (χ1) is 8.20. The van der Waals surface area contributed by atoms with Crippen LogP contribution in [0.4, 0.5) is 5.82 Å². The third-order valence-corrected chi connectivity index (χ3v) is 2.20. The summed E-state index contributed by atoms with van der Waals surface area (Å²) in [6.07, 6.45) is 1.86. The van der Waals surface area contributed by atoms with Crippen LogP contribution in [-0.4, -0.2) is 26.8 Å². The Morgan fingerprint density at radius 3 is 2.65 bits per heavy atom. The Hall–Kier alpha value is -2.24. The molecule has 0 atom stereocenters. The second-order valence-electron chi connectivity index (χ2n) is 3.34. The molecule has 0 fully saturated rings. The van der Waals surface area contributed by atoms with Crippen molar-refractivity contribution in [2.75, 3.05) is 5.73 Å². The third kappa shape index (κ3) is 2.87. The minimum atomic E-state index is 0.498. The molecule has 0 radical (unpaired) electrons. The lowest BCUT2D eigenvalue weighted by Crippen LogP contribution is -1.95. The molecule has 0 aliphatic heterocycles. The maximum atomic E-state index is 8.00. The first-order valence-corrected chi connectivity index (χ1v) is 5.13. The van der Waals surface area contributed by atoms with Gasteiger partial charge in [0, 0.05) is 17.8 Å². The number of nitrogens with two attached hydrogens (primary N) is 1. The molecule has 0 bridgehead atoms. The van der Waals surface area contributed by atoms with E-state index in [-0.39, 0.29) is 0 Å². The molecule has 17 heavy (non-hydrogen) atoms. The Morgan fingerprint density at radius 1 is 1.41 bits per heavy atom. The molecule has 0 aliphatic carbocycles. The summed E-state index contributed by atoms with van der Waals surface area (Å²) in [6.45, 7) is 6.71. The van der Waals surface area contributed by atoms with Crippen LogP contribution in [0.5, 0.6) is 0 Å². The predicted molar refractivity (Wildman–Crippen MR) is 65.2 cm³/mol. The Bertz CT molecular complexity index is 494. The number of aryl methyl sites for hydroxylation is 2. The standard InChI is InChI=1S/C10H13N5.CH2O/c1-3-15-6-9(13-14-15)8-5-4-7(2)12-10(8)11;1-2/h4-6H,3H2,1-2H3,(H2,11,12);1H2. The van der Waals surface area contributed by atoms with E-state index in [2.05, 4.69) is 15.3 Å². The minimum absolute atomic E-state index is 0.498. The molecule has 0 unspecified atom stereocenters. The number of carbonyl (C=O) groups is 1. The summed E-state index contributed by atoms with van der Waals surface area (Å²) in [6, 6.07) is 3.83. The number of anilines is 1. The predicted octanol–water partition coefficient (Wildman–Crippen LogP) is 1.07. The summed E-state index contributed by atoms with van der Waals surface area (Å²) in [7, 11) is 0. The van der Waals surface area contributed by atoms with Crippen molar-refractivity contribution in [3.8, 4) is 11.3 Å². The van der Waals surface area contributed by atoms with Crippen molar-refractivity contribution < 1.29 is 4.79 Å². The van der Waals surface area contributed by atoms with E-state index in [9.17, 15) is 0 Å². The van der Waals surface area contributed by atoms with Crippen LogP contribution in [0.15, 0.2) is 18.3 Å². The van der Waals surface area contributed by atoms with Gasteiger partial charge in [0.1, 0.15) is 18.3 Å². The summed E-state index contributed by atoms with van der Waals surface area (Å²) in [5.41, 5.74) is 8.32. The van der Waals surface area contributed by atoms with Gasteiger partial charge in [-0.25, -0.2) is 4.98 Å². The minimum Gasteiger partial charge on any atom is -0.383 e. The van der Waals surface area contributed by atoms with E-state index in [4.69, 9.17) is 10.5 Å². The van der Waals surface area contributed by atoms with Gasteiger partial charge in [0.05, 0.1) is 6.20 Å². The molecule has 2 aromatic rings. The number of carbonyl (C=O) groups excluding carboxylic acids is 1. The fraction of sp³-hybridized carbons (Fsp3) is 0.273. The monoisotopic (exact) mass is 233 g/mol. The van der Waals surface area contributed by atoms with Gasteiger partial charge in [0.25, 0.3) is 0 Å². The molecule has 2 aromatic heterocycles. The normalized spacial score (nSPS) is 9.53. The zero-order valence-corrected chi connectivity index (χ0v) is 9.92. The van der Waals surface area contributed by atoms with Crippen LogP contribution in [0.2, 0.25) is 0 Å². The van der Waals surface area contributed by atoms with Crippen molar-refractivity contribution in [1.82, 2.24) is 20.0 Å². The average molecular weight is 233 g/mol. The van der Waals surface area contributed by atoms with Crippen LogP contribution >= 0.6 is 0 Å². The van der Waals surface area contributed by atoms with Gasteiger partial charge in [-0.2, -0.15) is 0 Å². The van der Waals surface area contributed by atoms with Crippen molar-refractivity contribution in [1.29, 1.82) is 0 Å². The van der Waals surface area contributed by atoms with Gasteiger partial charge in [-0.1, -0.05) is 5.21 Å². The highest BCUT2D eigenvalue weighted by atomic mass is 16.1. The topological polar surface area (TPSA) is 86.7 Å². The van der Waals surface area contributed by atoms with Crippen molar-refractivity contribution in [2.24, 2.45) is 0 Å². The lowest BCUT2D eigenvalue weighted by atomic mass is 10.2. The molecule has 6 heteroatoms. The highest BCUT2D eigenvalue weighted by Gasteiger charge is 2.07. The van der Waals surface area contributed by atoms with E-state index in [0.29, 0.717) is 5.82 Å². The van der Waals surface area contributed by atoms with E-state index < -0.39 is 0 Å². The molecule has 0 saturated carbocycles. The number of nitrogens with zero attached hydrogens (tertiary/aromatic N) is 4. The van der Waals surface area contributed by atoms with Crippen molar-refractivity contribution in [3.63, 3.8) is 0 Å². The number of hydrogen-bond acceptors (Lipinski definition) is 5. The van der Waals surface area contributed by atoms with Gasteiger partial charge in [0.2, 0.25) is 0 Å².